The summed E-state index contributed by atoms with van der Waals surface area (Å²) in [6.07, 6.45) is 2.19. The molecule has 0 spiro atoms. The Kier molecular flexibility index (Phi) is 3.79. The summed E-state index contributed by atoms with van der Waals surface area (Å²) in [5.74, 6) is 0.0610. The molecular formula is C14H19NO2. The number of carbonyl (C=O) groups excluding carboxylic acids is 1. The molecule has 0 atom stereocenters. The van der Waals surface area contributed by atoms with Crippen LogP contribution in [0.2, 0.25) is 0 Å². The van der Waals surface area contributed by atoms with Gasteiger partial charge in [0.05, 0.1) is 6.10 Å². The van der Waals surface area contributed by atoms with Crippen molar-refractivity contribution < 1.29 is 9.53 Å². The summed E-state index contributed by atoms with van der Waals surface area (Å²) in [6, 6.07) is 8.12. The highest BCUT2D eigenvalue weighted by molar-refractivity contribution is 5.95. The first-order valence-corrected chi connectivity index (χ1v) is 6.18. The van der Waals surface area contributed by atoms with Crippen LogP contribution in [0.1, 0.15) is 25.8 Å². The largest absolute Gasteiger partial charge is 0.369 e. The number of para-hydroxylation sites is 1. The van der Waals surface area contributed by atoms with Gasteiger partial charge in [0, 0.05) is 12.2 Å². The summed E-state index contributed by atoms with van der Waals surface area (Å²) in [5.41, 5.74) is 2.31. The molecule has 1 amide bonds. The first-order chi connectivity index (χ1) is 8.18. The van der Waals surface area contributed by atoms with Crippen LogP contribution >= 0.6 is 0 Å². The van der Waals surface area contributed by atoms with Crippen LogP contribution < -0.4 is 4.90 Å². The van der Waals surface area contributed by atoms with Crippen LogP contribution in [-0.2, 0) is 16.0 Å². The summed E-state index contributed by atoms with van der Waals surface area (Å²) in [5, 5.41) is 0. The van der Waals surface area contributed by atoms with E-state index in [0.717, 1.165) is 25.1 Å². The van der Waals surface area contributed by atoms with Crippen molar-refractivity contribution in [3.63, 3.8) is 0 Å². The van der Waals surface area contributed by atoms with Gasteiger partial charge in [-0.2, -0.15) is 0 Å². The lowest BCUT2D eigenvalue weighted by molar-refractivity contribution is -0.124. The van der Waals surface area contributed by atoms with Crippen molar-refractivity contribution >= 4 is 11.6 Å². The number of anilines is 1. The third kappa shape index (κ3) is 2.86. The van der Waals surface area contributed by atoms with Crippen LogP contribution in [0.3, 0.4) is 0 Å². The minimum absolute atomic E-state index is 0.0610. The van der Waals surface area contributed by atoms with Crippen molar-refractivity contribution in [2.24, 2.45) is 0 Å². The maximum atomic E-state index is 12.1. The lowest BCUT2D eigenvalue weighted by Crippen LogP contribution is -2.38. The molecule has 0 saturated heterocycles. The second kappa shape index (κ2) is 5.32. The quantitative estimate of drug-likeness (QED) is 0.802. The molecule has 0 unspecified atom stereocenters. The molecule has 0 aliphatic carbocycles. The molecule has 0 N–H and O–H groups in total. The molecule has 0 saturated carbocycles. The first kappa shape index (κ1) is 12.1. The van der Waals surface area contributed by atoms with Gasteiger partial charge in [-0.1, -0.05) is 18.2 Å². The Morgan fingerprint density at radius 1 is 1.41 bits per heavy atom. The number of rotatable bonds is 3. The number of aryl methyl sites for hydroxylation is 1. The van der Waals surface area contributed by atoms with E-state index in [1.807, 2.05) is 36.9 Å². The molecule has 3 heteroatoms. The fourth-order valence-electron chi connectivity index (χ4n) is 2.11. The molecule has 1 aliphatic heterocycles. The molecule has 1 aliphatic rings. The topological polar surface area (TPSA) is 29.5 Å². The van der Waals surface area contributed by atoms with E-state index in [2.05, 4.69) is 6.07 Å². The van der Waals surface area contributed by atoms with E-state index >= 15 is 0 Å². The summed E-state index contributed by atoms with van der Waals surface area (Å²) in [6.45, 7) is 4.86. The van der Waals surface area contributed by atoms with E-state index in [4.69, 9.17) is 4.74 Å². The molecule has 92 valence electrons. The lowest BCUT2D eigenvalue weighted by Gasteiger charge is -2.29. The lowest BCUT2D eigenvalue weighted by atomic mass is 10.0. The molecule has 17 heavy (non-hydrogen) atoms. The zero-order chi connectivity index (χ0) is 12.3. The van der Waals surface area contributed by atoms with E-state index in [9.17, 15) is 4.79 Å². The van der Waals surface area contributed by atoms with Gasteiger partial charge >= 0.3 is 0 Å². The Balaban J connectivity index is 2.10. The van der Waals surface area contributed by atoms with E-state index in [0.29, 0.717) is 0 Å². The van der Waals surface area contributed by atoms with Crippen LogP contribution in [0.5, 0.6) is 0 Å². The van der Waals surface area contributed by atoms with Gasteiger partial charge in [0.2, 0.25) is 0 Å². The number of hydrogen-bond acceptors (Lipinski definition) is 2. The van der Waals surface area contributed by atoms with Crippen LogP contribution in [0.15, 0.2) is 24.3 Å². The third-order valence-corrected chi connectivity index (χ3v) is 2.95. The highest BCUT2D eigenvalue weighted by atomic mass is 16.5. The third-order valence-electron chi connectivity index (χ3n) is 2.95. The van der Waals surface area contributed by atoms with Crippen molar-refractivity contribution in [3.8, 4) is 0 Å². The number of fused-ring (bicyclic) bond motifs is 1. The number of ether oxygens (including phenoxy) is 1. The van der Waals surface area contributed by atoms with Gasteiger partial charge in [-0.15, -0.1) is 0 Å². The average Bonchev–Trinajstić information content (AvgIpc) is 2.35. The monoisotopic (exact) mass is 233 g/mol. The van der Waals surface area contributed by atoms with Crippen molar-refractivity contribution in [1.29, 1.82) is 0 Å². The molecule has 0 radical (unpaired) electrons. The Labute approximate surface area is 102 Å². The SMILES string of the molecule is CC(C)OCC(=O)N1CCCc2ccccc21. The maximum absolute atomic E-state index is 12.1. The van der Waals surface area contributed by atoms with Crippen LogP contribution in [-0.4, -0.2) is 25.2 Å². The van der Waals surface area contributed by atoms with Crippen molar-refractivity contribution in [1.82, 2.24) is 0 Å². The zero-order valence-electron chi connectivity index (χ0n) is 10.5. The minimum Gasteiger partial charge on any atom is -0.369 e. The van der Waals surface area contributed by atoms with Gasteiger partial charge in [-0.05, 0) is 38.3 Å². The van der Waals surface area contributed by atoms with Gasteiger partial charge in [0.15, 0.2) is 0 Å². The van der Waals surface area contributed by atoms with Crippen LogP contribution in [0, 0.1) is 0 Å². The van der Waals surface area contributed by atoms with E-state index in [1.165, 1.54) is 5.56 Å². The fraction of sp³-hybridized carbons (Fsp3) is 0.500. The number of carbonyl (C=O) groups is 1. The van der Waals surface area contributed by atoms with Gasteiger partial charge in [0.25, 0.3) is 5.91 Å². The molecule has 0 fully saturated rings. The molecule has 1 aromatic carbocycles. The Morgan fingerprint density at radius 3 is 2.94 bits per heavy atom. The summed E-state index contributed by atoms with van der Waals surface area (Å²) in [4.78, 5) is 13.9. The van der Waals surface area contributed by atoms with Crippen LogP contribution in [0.25, 0.3) is 0 Å². The predicted octanol–water partition coefficient (Wildman–Crippen LogP) is 2.39. The number of hydrogen-bond donors (Lipinski definition) is 0. The van der Waals surface area contributed by atoms with Crippen molar-refractivity contribution in [3.05, 3.63) is 29.8 Å². The minimum atomic E-state index is 0.0610. The molecule has 1 heterocycles. The molecule has 3 nitrogen and oxygen atoms in total. The number of nitrogens with zero attached hydrogens (tertiary/aromatic N) is 1. The highest BCUT2D eigenvalue weighted by Crippen LogP contribution is 2.26. The Hall–Kier alpha value is -1.35. The van der Waals surface area contributed by atoms with Crippen molar-refractivity contribution in [2.75, 3.05) is 18.1 Å². The van der Waals surface area contributed by atoms with Crippen LogP contribution in [0.4, 0.5) is 5.69 Å². The standard InChI is InChI=1S/C14H19NO2/c1-11(2)17-10-14(16)15-9-5-7-12-6-3-4-8-13(12)15/h3-4,6,8,11H,5,7,9-10H2,1-2H3. The average molecular weight is 233 g/mol. The van der Waals surface area contributed by atoms with Gasteiger partial charge in [0.1, 0.15) is 6.61 Å². The normalized spacial score (nSPS) is 14.9. The second-order valence-electron chi connectivity index (χ2n) is 4.64. The fourth-order valence-corrected chi connectivity index (χ4v) is 2.11. The molecule has 0 bridgehead atoms. The van der Waals surface area contributed by atoms with E-state index in [1.54, 1.807) is 0 Å². The van der Waals surface area contributed by atoms with Gasteiger partial charge in [-0.3, -0.25) is 4.79 Å². The van der Waals surface area contributed by atoms with Gasteiger partial charge in [-0.25, -0.2) is 0 Å². The smallest absolute Gasteiger partial charge is 0.252 e. The Morgan fingerprint density at radius 2 is 2.18 bits per heavy atom. The summed E-state index contributed by atoms with van der Waals surface area (Å²) in [7, 11) is 0. The van der Waals surface area contributed by atoms with E-state index < -0.39 is 0 Å². The number of benzene rings is 1. The van der Waals surface area contributed by atoms with Gasteiger partial charge < -0.3 is 9.64 Å². The Bertz CT molecular complexity index is 401. The number of amides is 1. The molecule has 1 aromatic rings. The first-order valence-electron chi connectivity index (χ1n) is 6.18. The summed E-state index contributed by atoms with van der Waals surface area (Å²) >= 11 is 0. The molecular weight excluding hydrogens is 214 g/mol. The maximum Gasteiger partial charge on any atom is 0.252 e. The molecule has 0 aromatic heterocycles. The zero-order valence-corrected chi connectivity index (χ0v) is 10.5. The van der Waals surface area contributed by atoms with E-state index in [-0.39, 0.29) is 18.6 Å². The second-order valence-corrected chi connectivity index (χ2v) is 4.64. The highest BCUT2D eigenvalue weighted by Gasteiger charge is 2.21. The molecule has 2 rings (SSSR count). The van der Waals surface area contributed by atoms with Crippen molar-refractivity contribution in [2.45, 2.75) is 32.8 Å². The summed E-state index contributed by atoms with van der Waals surface area (Å²) < 4.78 is 5.38. The predicted molar refractivity (Wildman–Crippen MR) is 68.2 cm³/mol.